The van der Waals surface area contributed by atoms with Crippen molar-refractivity contribution < 1.29 is 9.59 Å². The van der Waals surface area contributed by atoms with Gasteiger partial charge in [-0.3, -0.25) is 4.79 Å². The second-order valence-electron chi connectivity index (χ2n) is 9.42. The zero-order chi connectivity index (χ0) is 23.3. The van der Waals surface area contributed by atoms with Gasteiger partial charge in [0.05, 0.1) is 0 Å². The highest BCUT2D eigenvalue weighted by molar-refractivity contribution is 9.10. The van der Waals surface area contributed by atoms with Gasteiger partial charge < -0.3 is 15.5 Å². The monoisotopic (exact) mass is 503 g/mol. The molecule has 5 nitrogen and oxygen atoms in total. The summed E-state index contributed by atoms with van der Waals surface area (Å²) in [7, 11) is 0. The molecule has 0 bridgehead atoms. The average Bonchev–Trinajstić information content (AvgIpc) is 2.78. The molecule has 2 saturated heterocycles. The molecule has 0 spiro atoms. The maximum atomic E-state index is 12.9. The van der Waals surface area contributed by atoms with E-state index in [1.807, 2.05) is 0 Å². The highest BCUT2D eigenvalue weighted by Gasteiger charge is 2.31. The van der Waals surface area contributed by atoms with Crippen LogP contribution in [0.25, 0.3) is 0 Å². The molecule has 0 saturated carbocycles. The van der Waals surface area contributed by atoms with Crippen LogP contribution in [0.15, 0.2) is 28.8 Å². The van der Waals surface area contributed by atoms with Crippen LogP contribution in [0.1, 0.15) is 68.6 Å². The molecule has 1 atom stereocenters. The minimum Gasteiger partial charge on any atom is -0.351 e. The third kappa shape index (κ3) is 5.94. The largest absolute Gasteiger partial charge is 0.351 e. The van der Waals surface area contributed by atoms with Gasteiger partial charge in [-0.15, -0.1) is 0 Å². The minimum absolute atomic E-state index is 0.273. The summed E-state index contributed by atoms with van der Waals surface area (Å²) >= 11 is 3.85. The number of nitrogens with two attached hydrogens (primary N) is 1. The molecule has 2 aliphatic heterocycles. The van der Waals surface area contributed by atoms with Gasteiger partial charge in [0, 0.05) is 43.0 Å². The summed E-state index contributed by atoms with van der Waals surface area (Å²) in [6.07, 6.45) is 9.95. The van der Waals surface area contributed by atoms with Crippen molar-refractivity contribution in [1.29, 1.82) is 0 Å². The number of carbonyl (C=O) groups is 2. The first-order chi connectivity index (χ1) is 15.3. The Bertz CT molecular complexity index is 838. The Morgan fingerprint density at radius 3 is 2.31 bits per heavy atom. The van der Waals surface area contributed by atoms with Crippen molar-refractivity contribution in [2.75, 3.05) is 26.2 Å². The summed E-state index contributed by atoms with van der Waals surface area (Å²) in [5.74, 6) is 1.55. The molecule has 2 N–H and O–H groups in total. The number of halogens is 1. The fraction of sp³-hybridized carbons (Fsp3) is 0.615. The lowest BCUT2D eigenvalue weighted by atomic mass is 9.77. The first-order valence-electron chi connectivity index (χ1n) is 12.1. The van der Waals surface area contributed by atoms with Crippen molar-refractivity contribution in [1.82, 2.24) is 9.80 Å². The van der Waals surface area contributed by atoms with Gasteiger partial charge in [-0.2, -0.15) is 0 Å². The van der Waals surface area contributed by atoms with E-state index >= 15 is 0 Å². The van der Waals surface area contributed by atoms with Crippen LogP contribution in [0.5, 0.6) is 0 Å². The van der Waals surface area contributed by atoms with E-state index in [0.29, 0.717) is 37.3 Å². The summed E-state index contributed by atoms with van der Waals surface area (Å²) in [6, 6.07) is 4.20. The first-order valence-corrected chi connectivity index (χ1v) is 12.9. The van der Waals surface area contributed by atoms with Crippen LogP contribution in [0.4, 0.5) is 4.79 Å². The van der Waals surface area contributed by atoms with Gasteiger partial charge in [-0.05, 0) is 80.5 Å². The van der Waals surface area contributed by atoms with E-state index in [0.717, 1.165) is 45.2 Å². The molecule has 0 radical (unpaired) electrons. The molecule has 6 heteroatoms. The SMILES string of the molecule is C/C=C/C(c1c(Br)cc(C)cc1CC)C1CCN(C(=O)CC2CCN(C(N)=O)CC2)CC1. The minimum atomic E-state index is -0.348. The molecule has 0 aromatic heterocycles. The Morgan fingerprint density at radius 1 is 1.12 bits per heavy atom. The molecule has 0 aliphatic carbocycles. The second kappa shape index (κ2) is 11.4. The van der Waals surface area contributed by atoms with Crippen LogP contribution in [0.3, 0.4) is 0 Å². The van der Waals surface area contributed by atoms with E-state index in [9.17, 15) is 9.59 Å². The lowest BCUT2D eigenvalue weighted by molar-refractivity contribution is -0.134. The van der Waals surface area contributed by atoms with Crippen LogP contribution in [-0.2, 0) is 11.2 Å². The zero-order valence-corrected chi connectivity index (χ0v) is 21.4. The molecular formula is C26H38BrN3O2. The Labute approximate surface area is 201 Å². The summed E-state index contributed by atoms with van der Waals surface area (Å²) in [4.78, 5) is 28.0. The quantitative estimate of drug-likeness (QED) is 0.528. The molecule has 3 amide bonds. The molecule has 2 heterocycles. The molecule has 32 heavy (non-hydrogen) atoms. The number of carbonyl (C=O) groups excluding carboxylic acids is 2. The van der Waals surface area contributed by atoms with Gasteiger partial charge in [0.2, 0.25) is 5.91 Å². The van der Waals surface area contributed by atoms with Crippen molar-refractivity contribution in [2.45, 2.75) is 65.2 Å². The second-order valence-corrected chi connectivity index (χ2v) is 10.3. The highest BCUT2D eigenvalue weighted by atomic mass is 79.9. The van der Waals surface area contributed by atoms with Crippen molar-refractivity contribution in [3.63, 3.8) is 0 Å². The fourth-order valence-corrected chi connectivity index (χ4v) is 6.31. The van der Waals surface area contributed by atoms with E-state index in [2.05, 4.69) is 65.9 Å². The van der Waals surface area contributed by atoms with Gasteiger partial charge in [0.1, 0.15) is 0 Å². The van der Waals surface area contributed by atoms with Crippen molar-refractivity contribution in [3.05, 3.63) is 45.4 Å². The van der Waals surface area contributed by atoms with Crippen LogP contribution in [0.2, 0.25) is 0 Å². The van der Waals surface area contributed by atoms with E-state index in [1.165, 1.54) is 21.2 Å². The molecule has 3 rings (SSSR count). The molecule has 1 aromatic carbocycles. The Hall–Kier alpha value is -1.82. The van der Waals surface area contributed by atoms with E-state index < -0.39 is 0 Å². The zero-order valence-electron chi connectivity index (χ0n) is 19.8. The Morgan fingerprint density at radius 2 is 1.75 bits per heavy atom. The Kier molecular flexibility index (Phi) is 8.80. The topological polar surface area (TPSA) is 66.6 Å². The number of primary amides is 1. The van der Waals surface area contributed by atoms with Gasteiger partial charge in [0.25, 0.3) is 0 Å². The third-order valence-electron chi connectivity index (χ3n) is 7.26. The average molecular weight is 505 g/mol. The number of allylic oxidation sites excluding steroid dienone is 2. The molecule has 1 aromatic rings. The Balaban J connectivity index is 1.60. The van der Waals surface area contributed by atoms with Gasteiger partial charge >= 0.3 is 6.03 Å². The van der Waals surface area contributed by atoms with Gasteiger partial charge in [0.15, 0.2) is 0 Å². The number of likely N-dealkylation sites (tertiary alicyclic amines) is 2. The maximum absolute atomic E-state index is 12.9. The number of benzene rings is 1. The number of urea groups is 1. The predicted octanol–water partition coefficient (Wildman–Crippen LogP) is 5.40. The van der Waals surface area contributed by atoms with Crippen LogP contribution in [-0.4, -0.2) is 47.9 Å². The molecule has 176 valence electrons. The number of piperidine rings is 2. The van der Waals surface area contributed by atoms with E-state index in [4.69, 9.17) is 5.73 Å². The normalized spacial score (nSPS) is 19.5. The standard InChI is InChI=1S/C26H38BrN3O2/c1-4-6-22(25-20(5-2)15-18(3)16-23(25)27)21-9-13-29(14-10-21)24(31)17-19-7-11-30(12-8-19)26(28)32/h4,6,15-16,19,21-22H,5,7-14,17H2,1-3H3,(H2,28,32)/b6-4+. The van der Waals surface area contributed by atoms with Gasteiger partial charge in [-0.1, -0.05) is 41.1 Å². The first kappa shape index (κ1) is 24.8. The van der Waals surface area contributed by atoms with Crippen LogP contribution < -0.4 is 5.73 Å². The molecule has 1 unspecified atom stereocenters. The smallest absolute Gasteiger partial charge is 0.314 e. The molecule has 2 aliphatic rings. The number of aryl methyl sites for hydroxylation is 2. The summed E-state index contributed by atoms with van der Waals surface area (Å²) in [5.41, 5.74) is 9.50. The lowest BCUT2D eigenvalue weighted by Crippen LogP contribution is -2.44. The third-order valence-corrected chi connectivity index (χ3v) is 7.92. The van der Waals surface area contributed by atoms with Crippen molar-refractivity contribution in [2.24, 2.45) is 17.6 Å². The fourth-order valence-electron chi connectivity index (χ4n) is 5.43. The predicted molar refractivity (Wildman–Crippen MR) is 134 cm³/mol. The van der Waals surface area contributed by atoms with Crippen molar-refractivity contribution in [3.8, 4) is 0 Å². The van der Waals surface area contributed by atoms with E-state index in [-0.39, 0.29) is 11.9 Å². The maximum Gasteiger partial charge on any atom is 0.314 e. The number of hydrogen-bond donors (Lipinski definition) is 1. The highest BCUT2D eigenvalue weighted by Crippen LogP contribution is 2.40. The summed E-state index contributed by atoms with van der Waals surface area (Å²) in [6.45, 7) is 9.50. The number of hydrogen-bond acceptors (Lipinski definition) is 2. The number of rotatable bonds is 6. The van der Waals surface area contributed by atoms with E-state index in [1.54, 1.807) is 4.90 Å². The van der Waals surface area contributed by atoms with Crippen LogP contribution >= 0.6 is 15.9 Å². The lowest BCUT2D eigenvalue weighted by Gasteiger charge is -2.37. The van der Waals surface area contributed by atoms with Crippen molar-refractivity contribution >= 4 is 27.9 Å². The molecular weight excluding hydrogens is 466 g/mol. The summed E-state index contributed by atoms with van der Waals surface area (Å²) in [5, 5.41) is 0. The number of amides is 3. The summed E-state index contributed by atoms with van der Waals surface area (Å²) < 4.78 is 1.21. The van der Waals surface area contributed by atoms with Gasteiger partial charge in [-0.25, -0.2) is 4.79 Å². The number of nitrogens with zero attached hydrogens (tertiary/aromatic N) is 2. The van der Waals surface area contributed by atoms with Crippen LogP contribution in [0, 0.1) is 18.8 Å². The molecule has 2 fully saturated rings.